The zero-order valence-electron chi connectivity index (χ0n) is 7.89. The molecule has 1 aromatic carbocycles. The summed E-state index contributed by atoms with van der Waals surface area (Å²) >= 11 is 0. The number of carbonyl (C=O) groups is 1. The first-order chi connectivity index (χ1) is 6.97. The lowest BCUT2D eigenvalue weighted by atomic mass is 9.95. The number of anilines is 1. The molecule has 1 saturated carbocycles. The maximum Gasteiger partial charge on any atom is 0.228 e. The van der Waals surface area contributed by atoms with E-state index in [2.05, 4.69) is 0 Å². The summed E-state index contributed by atoms with van der Waals surface area (Å²) in [6.45, 7) is 0. The molecule has 1 amide bonds. The smallest absolute Gasteiger partial charge is 0.228 e. The number of amides is 1. The van der Waals surface area contributed by atoms with E-state index in [9.17, 15) is 13.6 Å². The lowest BCUT2D eigenvalue weighted by molar-refractivity contribution is -0.120. The van der Waals surface area contributed by atoms with Gasteiger partial charge in [0.05, 0.1) is 5.41 Å². The maximum absolute atomic E-state index is 13.1. The lowest BCUT2D eigenvalue weighted by Crippen LogP contribution is -2.28. The topological polar surface area (TPSA) is 69.1 Å². The molecule has 0 bridgehead atoms. The number of nitrogen functional groups attached to an aromatic ring is 1. The highest BCUT2D eigenvalue weighted by molar-refractivity contribution is 5.90. The Bertz CT molecular complexity index is 418. The van der Waals surface area contributed by atoms with E-state index in [1.54, 1.807) is 0 Å². The molecule has 1 aliphatic rings. The first-order valence-electron chi connectivity index (χ1n) is 4.52. The molecule has 0 spiro atoms. The second-order valence-corrected chi connectivity index (χ2v) is 3.80. The molecule has 0 atom stereocenters. The molecule has 5 heteroatoms. The quantitative estimate of drug-likeness (QED) is 0.720. The van der Waals surface area contributed by atoms with Gasteiger partial charge in [0.1, 0.15) is 17.3 Å². The predicted octanol–water partition coefficient (Wildman–Crippen LogP) is 1.06. The van der Waals surface area contributed by atoms with Crippen molar-refractivity contribution in [3.05, 3.63) is 29.3 Å². The summed E-state index contributed by atoms with van der Waals surface area (Å²) in [6, 6.07) is 2.16. The first-order valence-corrected chi connectivity index (χ1v) is 4.52. The molecular weight excluding hydrogens is 202 g/mol. The third-order valence-corrected chi connectivity index (χ3v) is 2.85. The van der Waals surface area contributed by atoms with Crippen LogP contribution in [0, 0.1) is 11.6 Å². The van der Waals surface area contributed by atoms with Crippen LogP contribution >= 0.6 is 0 Å². The van der Waals surface area contributed by atoms with Gasteiger partial charge in [-0.25, -0.2) is 8.78 Å². The van der Waals surface area contributed by atoms with Crippen molar-refractivity contribution in [3.63, 3.8) is 0 Å². The molecule has 2 rings (SSSR count). The van der Waals surface area contributed by atoms with Crippen LogP contribution in [0.15, 0.2) is 12.1 Å². The third kappa shape index (κ3) is 1.35. The fourth-order valence-electron chi connectivity index (χ4n) is 1.66. The van der Waals surface area contributed by atoms with Crippen LogP contribution in [-0.4, -0.2) is 5.91 Å². The second-order valence-electron chi connectivity index (χ2n) is 3.80. The van der Waals surface area contributed by atoms with Crippen LogP contribution in [0.25, 0.3) is 0 Å². The Morgan fingerprint density at radius 3 is 2.07 bits per heavy atom. The monoisotopic (exact) mass is 212 g/mol. The Hall–Kier alpha value is -1.65. The molecule has 80 valence electrons. The average molecular weight is 212 g/mol. The van der Waals surface area contributed by atoms with Crippen LogP contribution in [0.5, 0.6) is 0 Å². The van der Waals surface area contributed by atoms with E-state index in [-0.39, 0.29) is 5.56 Å². The zero-order valence-corrected chi connectivity index (χ0v) is 7.89. The highest BCUT2D eigenvalue weighted by atomic mass is 19.1. The van der Waals surface area contributed by atoms with Gasteiger partial charge in [0.2, 0.25) is 5.91 Å². The van der Waals surface area contributed by atoms with Crippen molar-refractivity contribution < 1.29 is 13.6 Å². The summed E-state index contributed by atoms with van der Waals surface area (Å²) in [7, 11) is 0. The molecule has 0 heterocycles. The molecule has 0 aromatic heterocycles. The van der Waals surface area contributed by atoms with E-state index < -0.39 is 28.6 Å². The Kier molecular flexibility index (Phi) is 1.92. The minimum Gasteiger partial charge on any atom is -0.394 e. The van der Waals surface area contributed by atoms with E-state index in [1.807, 2.05) is 0 Å². The van der Waals surface area contributed by atoms with E-state index >= 15 is 0 Å². The molecule has 1 aromatic rings. The summed E-state index contributed by atoms with van der Waals surface area (Å²) in [5.41, 5.74) is 9.18. The molecule has 1 aliphatic carbocycles. The number of rotatable bonds is 2. The third-order valence-electron chi connectivity index (χ3n) is 2.85. The largest absolute Gasteiger partial charge is 0.394 e. The molecule has 3 nitrogen and oxygen atoms in total. The number of nitrogens with two attached hydrogens (primary N) is 2. The number of hydrogen-bond acceptors (Lipinski definition) is 2. The predicted molar refractivity (Wildman–Crippen MR) is 50.9 cm³/mol. The van der Waals surface area contributed by atoms with Crippen LogP contribution < -0.4 is 11.5 Å². The van der Waals surface area contributed by atoms with E-state index in [0.29, 0.717) is 12.8 Å². The van der Waals surface area contributed by atoms with E-state index in [0.717, 1.165) is 12.1 Å². The van der Waals surface area contributed by atoms with Crippen molar-refractivity contribution in [2.24, 2.45) is 5.73 Å². The number of benzene rings is 1. The van der Waals surface area contributed by atoms with E-state index in [1.165, 1.54) is 0 Å². The second kappa shape index (κ2) is 2.92. The number of hydrogen-bond donors (Lipinski definition) is 2. The minimum absolute atomic E-state index is 0.277. The minimum atomic E-state index is -0.880. The van der Waals surface area contributed by atoms with Gasteiger partial charge in [0, 0.05) is 0 Å². The van der Waals surface area contributed by atoms with Crippen molar-refractivity contribution in [1.82, 2.24) is 0 Å². The van der Waals surface area contributed by atoms with Gasteiger partial charge in [-0.2, -0.15) is 0 Å². The fourth-order valence-corrected chi connectivity index (χ4v) is 1.66. The highest BCUT2D eigenvalue weighted by Crippen LogP contribution is 2.48. The summed E-state index contributed by atoms with van der Waals surface area (Å²) in [5.74, 6) is -2.25. The number of halogens is 2. The van der Waals surface area contributed by atoms with Crippen LogP contribution in [0.1, 0.15) is 18.4 Å². The van der Waals surface area contributed by atoms with Crippen molar-refractivity contribution in [2.75, 3.05) is 5.73 Å². The molecular formula is C10H10F2N2O. The van der Waals surface area contributed by atoms with Gasteiger partial charge in [-0.05, 0) is 30.5 Å². The summed E-state index contributed by atoms with van der Waals surface area (Å²) < 4.78 is 26.3. The van der Waals surface area contributed by atoms with Crippen molar-refractivity contribution in [3.8, 4) is 0 Å². The maximum atomic E-state index is 13.1. The van der Waals surface area contributed by atoms with Gasteiger partial charge in [0.15, 0.2) is 0 Å². The van der Waals surface area contributed by atoms with Crippen molar-refractivity contribution in [2.45, 2.75) is 18.3 Å². The molecule has 15 heavy (non-hydrogen) atoms. The standard InChI is InChI=1S/C10H10F2N2O/c11-6-3-5(4-7(12)8(6)13)10(1-2-10)9(14)15/h3-4H,1-2,13H2,(H2,14,15). The fraction of sp³-hybridized carbons (Fsp3) is 0.300. The number of primary amides is 1. The molecule has 0 saturated heterocycles. The Morgan fingerprint density at radius 1 is 1.27 bits per heavy atom. The Balaban J connectivity index is 2.51. The SMILES string of the molecule is NC(=O)C1(c2cc(F)c(N)c(F)c2)CC1. The molecule has 0 radical (unpaired) electrons. The van der Waals surface area contributed by atoms with Crippen molar-refractivity contribution >= 4 is 11.6 Å². The van der Waals surface area contributed by atoms with Crippen LogP contribution in [0.4, 0.5) is 14.5 Å². The van der Waals surface area contributed by atoms with Gasteiger partial charge in [-0.15, -0.1) is 0 Å². The van der Waals surface area contributed by atoms with Gasteiger partial charge < -0.3 is 11.5 Å². The summed E-state index contributed by atoms with van der Waals surface area (Å²) in [4.78, 5) is 11.1. The van der Waals surface area contributed by atoms with Gasteiger partial charge in [0.25, 0.3) is 0 Å². The lowest BCUT2D eigenvalue weighted by Gasteiger charge is -2.12. The molecule has 1 fully saturated rings. The summed E-state index contributed by atoms with van der Waals surface area (Å²) in [5, 5.41) is 0. The Morgan fingerprint density at radius 2 is 1.73 bits per heavy atom. The van der Waals surface area contributed by atoms with Gasteiger partial charge in [-0.1, -0.05) is 0 Å². The molecule has 0 aliphatic heterocycles. The van der Waals surface area contributed by atoms with Crippen LogP contribution in [0.2, 0.25) is 0 Å². The van der Waals surface area contributed by atoms with Gasteiger partial charge >= 0.3 is 0 Å². The van der Waals surface area contributed by atoms with Crippen LogP contribution in [-0.2, 0) is 10.2 Å². The average Bonchev–Trinajstić information content (AvgIpc) is 2.93. The zero-order chi connectivity index (χ0) is 11.2. The summed E-state index contributed by atoms with van der Waals surface area (Å²) in [6.07, 6.45) is 1.07. The van der Waals surface area contributed by atoms with Crippen LogP contribution in [0.3, 0.4) is 0 Å². The van der Waals surface area contributed by atoms with E-state index in [4.69, 9.17) is 11.5 Å². The van der Waals surface area contributed by atoms with Crippen molar-refractivity contribution in [1.29, 1.82) is 0 Å². The normalized spacial score (nSPS) is 17.5. The van der Waals surface area contributed by atoms with Gasteiger partial charge in [-0.3, -0.25) is 4.79 Å². The number of carbonyl (C=O) groups excluding carboxylic acids is 1. The Labute approximate surface area is 85.1 Å². The molecule has 0 unspecified atom stereocenters. The molecule has 4 N–H and O–H groups in total. The highest BCUT2D eigenvalue weighted by Gasteiger charge is 2.50. The first kappa shape index (κ1) is 9.89.